The number of hydrogen-bond acceptors (Lipinski definition) is 3. The highest BCUT2D eigenvalue weighted by molar-refractivity contribution is 6.30. The minimum absolute atomic E-state index is 0.173. The number of carboxylic acids is 1. The molecule has 29 heavy (non-hydrogen) atoms. The molecule has 7 nitrogen and oxygen atoms in total. The zero-order valence-electron chi connectivity index (χ0n) is 16.2. The average molecular weight is 413 g/mol. The number of carbonyl (C=O) groups is 2. The minimum atomic E-state index is -1.01. The van der Waals surface area contributed by atoms with Gasteiger partial charge in [-0.1, -0.05) is 32.4 Å². The molecule has 1 heterocycles. The quantitative estimate of drug-likeness (QED) is 0.551. The Morgan fingerprint density at radius 1 is 1.00 bits per heavy atom. The van der Waals surface area contributed by atoms with E-state index in [-0.39, 0.29) is 11.0 Å². The highest BCUT2D eigenvalue weighted by atomic mass is 35.5. The van der Waals surface area contributed by atoms with Gasteiger partial charge in [-0.2, -0.15) is 5.10 Å². The molecule has 0 saturated heterocycles. The van der Waals surface area contributed by atoms with E-state index in [1.165, 1.54) is 12.1 Å². The van der Waals surface area contributed by atoms with Gasteiger partial charge in [-0.05, 0) is 48.5 Å². The molecule has 0 unspecified atom stereocenters. The van der Waals surface area contributed by atoms with E-state index in [9.17, 15) is 9.59 Å². The molecule has 0 aliphatic carbocycles. The Kier molecular flexibility index (Phi) is 5.61. The van der Waals surface area contributed by atoms with Crippen molar-refractivity contribution >= 4 is 35.1 Å². The van der Waals surface area contributed by atoms with Gasteiger partial charge < -0.3 is 10.4 Å². The normalized spacial score (nSPS) is 11.2. The second-order valence-corrected chi connectivity index (χ2v) is 7.95. The highest BCUT2D eigenvalue weighted by Gasteiger charge is 2.21. The fraction of sp³-hybridized carbons (Fsp3) is 0.190. The minimum Gasteiger partial charge on any atom is -0.478 e. The molecule has 0 aliphatic rings. The fourth-order valence-electron chi connectivity index (χ4n) is 2.59. The zero-order valence-corrected chi connectivity index (χ0v) is 17.0. The van der Waals surface area contributed by atoms with Crippen LogP contribution in [-0.4, -0.2) is 26.9 Å². The summed E-state index contributed by atoms with van der Waals surface area (Å²) in [7, 11) is 0. The molecule has 3 aromatic rings. The van der Waals surface area contributed by atoms with Crippen LogP contribution in [0.3, 0.4) is 0 Å². The van der Waals surface area contributed by atoms with Crippen LogP contribution >= 0.6 is 11.6 Å². The number of aromatic nitrogens is 2. The average Bonchev–Trinajstić information content (AvgIpc) is 3.08. The smallest absolute Gasteiger partial charge is 0.335 e. The van der Waals surface area contributed by atoms with Gasteiger partial charge in [0, 0.05) is 22.2 Å². The third kappa shape index (κ3) is 4.94. The van der Waals surface area contributed by atoms with E-state index in [0.717, 1.165) is 5.69 Å². The molecule has 0 radical (unpaired) electrons. The maximum atomic E-state index is 12.5. The second kappa shape index (κ2) is 7.97. The first kappa shape index (κ1) is 20.4. The number of anilines is 2. The molecule has 2 amide bonds. The largest absolute Gasteiger partial charge is 0.478 e. The number of benzene rings is 2. The molecule has 0 aliphatic heterocycles. The summed E-state index contributed by atoms with van der Waals surface area (Å²) in [5.41, 5.74) is 1.94. The summed E-state index contributed by atoms with van der Waals surface area (Å²) >= 11 is 5.87. The van der Waals surface area contributed by atoms with Crippen LogP contribution in [0.25, 0.3) is 5.69 Å². The third-order valence-electron chi connectivity index (χ3n) is 4.18. The standard InChI is InChI=1S/C21H21ClN4O3/c1-21(2,3)17-12-18(24-20(29)23-15-8-6-14(22)7-9-15)26(25-17)16-10-4-13(5-11-16)19(27)28/h4-12H,1-3H3,(H,27,28)(H2,23,24,29). The molecule has 0 fully saturated rings. The van der Waals surface area contributed by atoms with Gasteiger partial charge in [-0.3, -0.25) is 5.32 Å². The molecule has 0 bridgehead atoms. The van der Waals surface area contributed by atoms with Crippen molar-refractivity contribution < 1.29 is 14.7 Å². The lowest BCUT2D eigenvalue weighted by molar-refractivity contribution is 0.0697. The monoisotopic (exact) mass is 412 g/mol. The van der Waals surface area contributed by atoms with Gasteiger partial charge in [0.15, 0.2) is 0 Å². The lowest BCUT2D eigenvalue weighted by Gasteiger charge is -2.14. The predicted molar refractivity (Wildman–Crippen MR) is 113 cm³/mol. The highest BCUT2D eigenvalue weighted by Crippen LogP contribution is 2.26. The Balaban J connectivity index is 1.90. The van der Waals surface area contributed by atoms with Crippen molar-refractivity contribution in [2.24, 2.45) is 0 Å². The second-order valence-electron chi connectivity index (χ2n) is 7.51. The Labute approximate surface area is 173 Å². The van der Waals surface area contributed by atoms with Crippen LogP contribution in [0.15, 0.2) is 54.6 Å². The Bertz CT molecular complexity index is 1040. The van der Waals surface area contributed by atoms with Crippen molar-refractivity contribution in [3.63, 3.8) is 0 Å². The summed E-state index contributed by atoms with van der Waals surface area (Å²) in [4.78, 5) is 23.6. The molecule has 8 heteroatoms. The molecule has 150 valence electrons. The van der Waals surface area contributed by atoms with E-state index in [0.29, 0.717) is 22.2 Å². The predicted octanol–water partition coefficient (Wildman–Crippen LogP) is 5.17. The zero-order chi connectivity index (χ0) is 21.2. The molecule has 0 saturated carbocycles. The van der Waals surface area contributed by atoms with Gasteiger partial charge >= 0.3 is 12.0 Å². The number of carbonyl (C=O) groups excluding carboxylic acids is 1. The fourth-order valence-corrected chi connectivity index (χ4v) is 2.72. The van der Waals surface area contributed by atoms with Crippen LogP contribution in [-0.2, 0) is 5.41 Å². The van der Waals surface area contributed by atoms with Crippen molar-refractivity contribution in [2.45, 2.75) is 26.2 Å². The number of carboxylic acid groups (broad SMARTS) is 1. The molecule has 1 aromatic heterocycles. The Hall–Kier alpha value is -3.32. The first-order valence-corrected chi connectivity index (χ1v) is 9.29. The molecule has 3 rings (SSSR count). The number of nitrogens with one attached hydrogen (secondary N) is 2. The van der Waals surface area contributed by atoms with Crippen molar-refractivity contribution in [1.82, 2.24) is 9.78 Å². The Morgan fingerprint density at radius 2 is 1.62 bits per heavy atom. The maximum Gasteiger partial charge on any atom is 0.335 e. The van der Waals surface area contributed by atoms with Gasteiger partial charge in [-0.25, -0.2) is 14.3 Å². The topological polar surface area (TPSA) is 96.2 Å². The number of amides is 2. The van der Waals surface area contributed by atoms with Gasteiger partial charge in [-0.15, -0.1) is 0 Å². The summed E-state index contributed by atoms with van der Waals surface area (Å²) in [5.74, 6) is -0.544. The number of nitrogens with zero attached hydrogens (tertiary/aromatic N) is 2. The molecule has 3 N–H and O–H groups in total. The van der Waals surface area contributed by atoms with Crippen LogP contribution in [0.1, 0.15) is 36.8 Å². The van der Waals surface area contributed by atoms with Crippen LogP contribution in [0.5, 0.6) is 0 Å². The van der Waals surface area contributed by atoms with Crippen molar-refractivity contribution in [2.75, 3.05) is 10.6 Å². The summed E-state index contributed by atoms with van der Waals surface area (Å²) in [5, 5.41) is 19.8. The van der Waals surface area contributed by atoms with Gasteiger partial charge in [0.05, 0.1) is 16.9 Å². The van der Waals surface area contributed by atoms with Gasteiger partial charge in [0.25, 0.3) is 0 Å². The molecule has 0 spiro atoms. The molecule has 0 atom stereocenters. The van der Waals surface area contributed by atoms with Crippen LogP contribution in [0.2, 0.25) is 5.02 Å². The SMILES string of the molecule is CC(C)(C)c1cc(NC(=O)Nc2ccc(Cl)cc2)n(-c2ccc(C(=O)O)cc2)n1. The summed E-state index contributed by atoms with van der Waals surface area (Å²) < 4.78 is 1.58. The third-order valence-corrected chi connectivity index (χ3v) is 4.43. The van der Waals surface area contributed by atoms with Crippen LogP contribution in [0, 0.1) is 0 Å². The first-order chi connectivity index (χ1) is 13.6. The number of urea groups is 1. The van der Waals surface area contributed by atoms with E-state index >= 15 is 0 Å². The van der Waals surface area contributed by atoms with Crippen molar-refractivity contribution in [3.8, 4) is 5.69 Å². The van der Waals surface area contributed by atoms with Crippen molar-refractivity contribution in [3.05, 3.63) is 70.9 Å². The maximum absolute atomic E-state index is 12.5. The molecular weight excluding hydrogens is 392 g/mol. The van der Waals surface area contributed by atoms with E-state index in [4.69, 9.17) is 16.7 Å². The number of halogens is 1. The van der Waals surface area contributed by atoms with Crippen LogP contribution in [0.4, 0.5) is 16.3 Å². The number of hydrogen-bond donors (Lipinski definition) is 3. The van der Waals surface area contributed by atoms with E-state index in [2.05, 4.69) is 15.7 Å². The number of rotatable bonds is 4. The molecular formula is C21H21ClN4O3. The van der Waals surface area contributed by atoms with Crippen LogP contribution < -0.4 is 10.6 Å². The lowest BCUT2D eigenvalue weighted by Crippen LogP contribution is -2.21. The van der Waals surface area contributed by atoms with Gasteiger partial charge in [0.2, 0.25) is 0 Å². The summed E-state index contributed by atoms with van der Waals surface area (Å²) in [6, 6.07) is 14.4. The summed E-state index contributed by atoms with van der Waals surface area (Å²) in [6.07, 6.45) is 0. The van der Waals surface area contributed by atoms with E-state index in [1.807, 2.05) is 20.8 Å². The van der Waals surface area contributed by atoms with Gasteiger partial charge in [0.1, 0.15) is 5.82 Å². The summed E-state index contributed by atoms with van der Waals surface area (Å²) in [6.45, 7) is 6.06. The van der Waals surface area contributed by atoms with E-state index < -0.39 is 12.0 Å². The number of aromatic carboxylic acids is 1. The molecule has 2 aromatic carbocycles. The van der Waals surface area contributed by atoms with Crippen molar-refractivity contribution in [1.29, 1.82) is 0 Å². The first-order valence-electron chi connectivity index (χ1n) is 8.91. The Morgan fingerprint density at radius 3 is 2.17 bits per heavy atom. The lowest BCUT2D eigenvalue weighted by atomic mass is 9.92. The van der Waals surface area contributed by atoms with E-state index in [1.54, 1.807) is 47.1 Å².